The van der Waals surface area contributed by atoms with Crippen LogP contribution in [0.1, 0.15) is 5.56 Å². The van der Waals surface area contributed by atoms with E-state index in [9.17, 15) is 9.90 Å². The molecule has 0 radical (unpaired) electrons. The Hall–Kier alpha value is -3.59. The Kier molecular flexibility index (Phi) is 5.99. The van der Waals surface area contributed by atoms with E-state index in [1.165, 1.54) is 25.0 Å². The van der Waals surface area contributed by atoms with E-state index >= 15 is 0 Å². The number of aliphatic imine (C=N–C) groups is 1. The molecule has 0 aliphatic rings. The number of aromatic amines is 1. The fourth-order valence-electron chi connectivity index (χ4n) is 2.63. The summed E-state index contributed by atoms with van der Waals surface area (Å²) in [6.07, 6.45) is 1.26. The zero-order valence-electron chi connectivity index (χ0n) is 16.0. The van der Waals surface area contributed by atoms with Gasteiger partial charge >= 0.3 is 0 Å². The summed E-state index contributed by atoms with van der Waals surface area (Å²) < 4.78 is 16.9. The summed E-state index contributed by atoms with van der Waals surface area (Å²) in [5.41, 5.74) is 0.438. The largest absolute Gasteiger partial charge is 0.497 e. The maximum absolute atomic E-state index is 12.4. The third-order valence-electron chi connectivity index (χ3n) is 4.13. The van der Waals surface area contributed by atoms with Crippen LogP contribution in [-0.4, -0.2) is 42.2 Å². The molecular weight excluding hydrogens is 394 g/mol. The molecule has 8 nitrogen and oxygen atoms in total. The Morgan fingerprint density at radius 1 is 1.00 bits per heavy atom. The van der Waals surface area contributed by atoms with Gasteiger partial charge in [0.05, 0.1) is 32.7 Å². The maximum atomic E-state index is 12.4. The Morgan fingerprint density at radius 2 is 1.59 bits per heavy atom. The molecule has 0 aliphatic heterocycles. The first kappa shape index (κ1) is 20.2. The van der Waals surface area contributed by atoms with Crippen LogP contribution >= 0.6 is 12.2 Å². The zero-order valence-corrected chi connectivity index (χ0v) is 16.8. The van der Waals surface area contributed by atoms with Crippen molar-refractivity contribution >= 4 is 24.1 Å². The summed E-state index contributed by atoms with van der Waals surface area (Å²) >= 11 is 5.21. The van der Waals surface area contributed by atoms with Gasteiger partial charge in [-0.05, 0) is 36.5 Å². The van der Waals surface area contributed by atoms with Crippen LogP contribution in [0.3, 0.4) is 0 Å². The lowest BCUT2D eigenvalue weighted by molar-refractivity contribution is 0.394. The highest BCUT2D eigenvalue weighted by Crippen LogP contribution is 2.28. The average molecular weight is 413 g/mol. The van der Waals surface area contributed by atoms with Gasteiger partial charge in [0.15, 0.2) is 4.77 Å². The van der Waals surface area contributed by atoms with Gasteiger partial charge in [0, 0.05) is 24.4 Å². The van der Waals surface area contributed by atoms with Crippen LogP contribution in [0.2, 0.25) is 0 Å². The molecular formula is C20H19N3O5S. The molecule has 29 heavy (non-hydrogen) atoms. The van der Waals surface area contributed by atoms with Crippen molar-refractivity contribution in [2.45, 2.75) is 0 Å². The molecule has 2 N–H and O–H groups in total. The van der Waals surface area contributed by atoms with Crippen molar-refractivity contribution in [3.63, 3.8) is 0 Å². The van der Waals surface area contributed by atoms with Crippen LogP contribution in [0.4, 0.5) is 5.69 Å². The van der Waals surface area contributed by atoms with Crippen molar-refractivity contribution in [1.82, 2.24) is 9.55 Å². The number of nitrogens with zero attached hydrogens (tertiary/aromatic N) is 2. The second-order valence-corrected chi connectivity index (χ2v) is 6.25. The molecule has 1 heterocycles. The Labute approximate surface area is 171 Å². The molecule has 9 heteroatoms. The number of aromatic hydroxyl groups is 1. The highest BCUT2D eigenvalue weighted by atomic mass is 32.1. The summed E-state index contributed by atoms with van der Waals surface area (Å²) in [5, 5.41) is 10.7. The predicted molar refractivity (Wildman–Crippen MR) is 112 cm³/mol. The van der Waals surface area contributed by atoms with Gasteiger partial charge in [-0.3, -0.25) is 19.3 Å². The van der Waals surface area contributed by atoms with Crippen molar-refractivity contribution < 1.29 is 19.3 Å². The Morgan fingerprint density at radius 3 is 2.14 bits per heavy atom. The van der Waals surface area contributed by atoms with E-state index in [0.717, 1.165) is 0 Å². The van der Waals surface area contributed by atoms with Crippen molar-refractivity contribution in [2.75, 3.05) is 21.3 Å². The number of benzene rings is 2. The molecule has 0 saturated heterocycles. The molecule has 0 unspecified atom stereocenters. The smallest absolute Gasteiger partial charge is 0.264 e. The Balaban J connectivity index is 2.07. The molecule has 150 valence electrons. The van der Waals surface area contributed by atoms with E-state index in [0.29, 0.717) is 28.6 Å². The average Bonchev–Trinajstić information content (AvgIpc) is 2.73. The molecule has 0 amide bonds. The van der Waals surface area contributed by atoms with Gasteiger partial charge in [0.2, 0.25) is 5.88 Å². The van der Waals surface area contributed by atoms with E-state index in [4.69, 9.17) is 26.4 Å². The van der Waals surface area contributed by atoms with Crippen molar-refractivity contribution in [2.24, 2.45) is 4.99 Å². The molecule has 1 aromatic heterocycles. The highest BCUT2D eigenvalue weighted by molar-refractivity contribution is 7.71. The number of rotatable bonds is 6. The van der Waals surface area contributed by atoms with Gasteiger partial charge in [-0.2, -0.15) is 0 Å². The fraction of sp³-hybridized carbons (Fsp3) is 0.150. The number of ether oxygens (including phenoxy) is 3. The second kappa shape index (κ2) is 8.61. The normalized spacial score (nSPS) is 10.9. The zero-order chi connectivity index (χ0) is 21.0. The molecule has 0 atom stereocenters. The molecule has 0 aliphatic carbocycles. The van der Waals surface area contributed by atoms with Crippen LogP contribution in [0.15, 0.2) is 52.3 Å². The van der Waals surface area contributed by atoms with E-state index in [1.807, 2.05) is 0 Å². The fourth-order valence-corrected chi connectivity index (χ4v) is 2.92. The van der Waals surface area contributed by atoms with Gasteiger partial charge in [0.25, 0.3) is 5.56 Å². The SMILES string of the molecule is COc1ccc(-n2c(O)c(C=Nc3cc(OC)cc(OC)c3)c(=O)[nH]c2=S)cc1. The molecule has 0 spiro atoms. The van der Waals surface area contributed by atoms with Gasteiger partial charge in [0.1, 0.15) is 22.8 Å². The van der Waals surface area contributed by atoms with E-state index in [1.54, 1.807) is 49.6 Å². The maximum Gasteiger partial charge on any atom is 0.264 e. The predicted octanol–water partition coefficient (Wildman–Crippen LogP) is 3.38. The molecule has 0 bridgehead atoms. The van der Waals surface area contributed by atoms with Crippen molar-refractivity contribution in [3.8, 4) is 28.8 Å². The van der Waals surface area contributed by atoms with Crippen LogP contribution in [-0.2, 0) is 0 Å². The number of hydrogen-bond acceptors (Lipinski definition) is 7. The lowest BCUT2D eigenvalue weighted by Gasteiger charge is -2.11. The first-order valence-corrected chi connectivity index (χ1v) is 8.87. The minimum atomic E-state index is -0.559. The molecule has 0 fully saturated rings. The quantitative estimate of drug-likeness (QED) is 0.475. The lowest BCUT2D eigenvalue weighted by Crippen LogP contribution is -2.18. The van der Waals surface area contributed by atoms with Crippen molar-refractivity contribution in [3.05, 3.63) is 63.2 Å². The second-order valence-electron chi connectivity index (χ2n) is 5.86. The first-order chi connectivity index (χ1) is 14.0. The number of H-pyrrole nitrogens is 1. The summed E-state index contributed by atoms with van der Waals surface area (Å²) in [4.78, 5) is 19.2. The van der Waals surface area contributed by atoms with Crippen molar-refractivity contribution in [1.29, 1.82) is 0 Å². The number of nitrogens with one attached hydrogen (secondary N) is 1. The van der Waals surface area contributed by atoms with Gasteiger partial charge < -0.3 is 19.3 Å². The minimum absolute atomic E-state index is 0.0452. The third-order valence-corrected chi connectivity index (χ3v) is 4.42. The topological polar surface area (TPSA) is 98.1 Å². The summed E-state index contributed by atoms with van der Waals surface area (Å²) in [7, 11) is 4.61. The Bertz CT molecular complexity index is 1140. The molecule has 3 rings (SSSR count). The van der Waals surface area contributed by atoms with Gasteiger partial charge in [-0.25, -0.2) is 0 Å². The molecule has 2 aromatic carbocycles. The lowest BCUT2D eigenvalue weighted by atomic mass is 10.2. The van der Waals surface area contributed by atoms with Crippen LogP contribution in [0, 0.1) is 4.77 Å². The summed E-state index contributed by atoms with van der Waals surface area (Å²) in [5.74, 6) is 1.41. The number of methoxy groups -OCH3 is 3. The number of hydrogen-bond donors (Lipinski definition) is 2. The molecule has 3 aromatic rings. The summed E-state index contributed by atoms with van der Waals surface area (Å²) in [6.45, 7) is 0. The van der Waals surface area contributed by atoms with Crippen LogP contribution < -0.4 is 19.8 Å². The van der Waals surface area contributed by atoms with E-state index < -0.39 is 5.56 Å². The monoisotopic (exact) mass is 413 g/mol. The standard InChI is InChI=1S/C20H19N3O5S/c1-26-14-6-4-13(5-7-14)23-19(25)17(18(24)22-20(23)29)11-21-12-8-15(27-2)10-16(9-12)28-3/h4-11,25H,1-3H3,(H,22,24,29). The van der Waals surface area contributed by atoms with E-state index in [-0.39, 0.29) is 16.2 Å². The third kappa shape index (κ3) is 4.30. The number of aromatic nitrogens is 2. The minimum Gasteiger partial charge on any atom is -0.497 e. The van der Waals surface area contributed by atoms with Crippen LogP contribution in [0.25, 0.3) is 5.69 Å². The van der Waals surface area contributed by atoms with Gasteiger partial charge in [-0.15, -0.1) is 0 Å². The highest BCUT2D eigenvalue weighted by Gasteiger charge is 2.13. The summed E-state index contributed by atoms with van der Waals surface area (Å²) in [6, 6.07) is 11.9. The van der Waals surface area contributed by atoms with Gasteiger partial charge in [-0.1, -0.05) is 0 Å². The first-order valence-electron chi connectivity index (χ1n) is 8.46. The molecule has 0 saturated carbocycles. The van der Waals surface area contributed by atoms with Crippen LogP contribution in [0.5, 0.6) is 23.1 Å². The van der Waals surface area contributed by atoms with E-state index in [2.05, 4.69) is 9.98 Å².